The average molecular weight is 396 g/mol. The second-order valence-corrected chi connectivity index (χ2v) is 7.65. The SMILES string of the molecule is O=C(Nc1cccc(F)c1)C1CCN(C(=O)NC2CNc3ccccc3C2)CC1. The van der Waals surface area contributed by atoms with Crippen LogP contribution in [0.4, 0.5) is 20.6 Å². The Bertz CT molecular complexity index is 896. The zero-order chi connectivity index (χ0) is 20.2. The molecular formula is C22H25FN4O2. The first kappa shape index (κ1) is 19.2. The molecular weight excluding hydrogens is 371 g/mol. The van der Waals surface area contributed by atoms with Crippen LogP contribution in [0.3, 0.4) is 0 Å². The van der Waals surface area contributed by atoms with Crippen molar-refractivity contribution in [3.63, 3.8) is 0 Å². The summed E-state index contributed by atoms with van der Waals surface area (Å²) in [5.74, 6) is -0.677. The maximum absolute atomic E-state index is 13.3. The number of anilines is 2. The van der Waals surface area contributed by atoms with Crippen LogP contribution in [0.15, 0.2) is 48.5 Å². The topological polar surface area (TPSA) is 73.5 Å². The second kappa shape index (κ2) is 8.51. The van der Waals surface area contributed by atoms with Crippen molar-refractivity contribution in [1.82, 2.24) is 10.2 Å². The van der Waals surface area contributed by atoms with E-state index in [-0.39, 0.29) is 29.7 Å². The molecule has 152 valence electrons. The smallest absolute Gasteiger partial charge is 0.317 e. The molecule has 1 atom stereocenters. The van der Waals surface area contributed by atoms with Crippen LogP contribution in [0.1, 0.15) is 18.4 Å². The van der Waals surface area contributed by atoms with Crippen LogP contribution in [0.25, 0.3) is 0 Å². The maximum atomic E-state index is 13.3. The summed E-state index contributed by atoms with van der Waals surface area (Å²) < 4.78 is 13.3. The number of fused-ring (bicyclic) bond motifs is 1. The predicted octanol–water partition coefficient (Wildman–Crippen LogP) is 3.22. The minimum atomic E-state index is -0.380. The number of piperidine rings is 1. The first-order valence-corrected chi connectivity index (χ1v) is 10.0. The van der Waals surface area contributed by atoms with Gasteiger partial charge in [0.15, 0.2) is 0 Å². The van der Waals surface area contributed by atoms with E-state index in [1.807, 2.05) is 18.2 Å². The van der Waals surface area contributed by atoms with Gasteiger partial charge in [-0.2, -0.15) is 0 Å². The van der Waals surface area contributed by atoms with E-state index in [9.17, 15) is 14.0 Å². The first-order chi connectivity index (χ1) is 14.1. The summed E-state index contributed by atoms with van der Waals surface area (Å²) >= 11 is 0. The van der Waals surface area contributed by atoms with E-state index in [2.05, 4.69) is 22.0 Å². The molecule has 1 saturated heterocycles. The molecule has 2 aliphatic heterocycles. The van der Waals surface area contributed by atoms with Gasteiger partial charge in [-0.1, -0.05) is 24.3 Å². The van der Waals surface area contributed by atoms with Crippen LogP contribution < -0.4 is 16.0 Å². The fraction of sp³-hybridized carbons (Fsp3) is 0.364. The molecule has 0 saturated carbocycles. The Labute approximate surface area is 169 Å². The van der Waals surface area contributed by atoms with Crippen molar-refractivity contribution in [2.45, 2.75) is 25.3 Å². The Balaban J connectivity index is 1.25. The van der Waals surface area contributed by atoms with Crippen LogP contribution in [0.5, 0.6) is 0 Å². The van der Waals surface area contributed by atoms with E-state index in [0.717, 1.165) is 12.1 Å². The monoisotopic (exact) mass is 396 g/mol. The van der Waals surface area contributed by atoms with E-state index < -0.39 is 0 Å². The van der Waals surface area contributed by atoms with Gasteiger partial charge in [-0.25, -0.2) is 9.18 Å². The normalized spacial score (nSPS) is 19.1. The number of halogens is 1. The average Bonchev–Trinajstić information content (AvgIpc) is 2.74. The highest BCUT2D eigenvalue weighted by Crippen LogP contribution is 2.22. The van der Waals surface area contributed by atoms with Gasteiger partial charge in [0.2, 0.25) is 5.91 Å². The summed E-state index contributed by atoms with van der Waals surface area (Å²) in [6.07, 6.45) is 2.00. The highest BCUT2D eigenvalue weighted by atomic mass is 19.1. The van der Waals surface area contributed by atoms with Gasteiger partial charge in [-0.05, 0) is 49.1 Å². The number of urea groups is 1. The number of para-hydroxylation sites is 1. The maximum Gasteiger partial charge on any atom is 0.317 e. The molecule has 3 N–H and O–H groups in total. The second-order valence-electron chi connectivity index (χ2n) is 7.65. The molecule has 0 aromatic heterocycles. The third-order valence-electron chi connectivity index (χ3n) is 5.60. The number of hydrogen-bond acceptors (Lipinski definition) is 3. The molecule has 4 rings (SSSR count). The largest absolute Gasteiger partial charge is 0.383 e. The molecule has 6 nitrogen and oxygen atoms in total. The van der Waals surface area contributed by atoms with E-state index in [4.69, 9.17) is 0 Å². The molecule has 1 fully saturated rings. The molecule has 1 unspecified atom stereocenters. The molecule has 0 bridgehead atoms. The molecule has 0 aliphatic carbocycles. The lowest BCUT2D eigenvalue weighted by molar-refractivity contribution is -0.121. The summed E-state index contributed by atoms with van der Waals surface area (Å²) in [4.78, 5) is 26.8. The van der Waals surface area contributed by atoms with Gasteiger partial charge in [-0.15, -0.1) is 0 Å². The van der Waals surface area contributed by atoms with Gasteiger partial charge in [0, 0.05) is 36.9 Å². The summed E-state index contributed by atoms with van der Waals surface area (Å²) in [5, 5.41) is 9.22. The van der Waals surface area contributed by atoms with Crippen LogP contribution in [-0.4, -0.2) is 42.5 Å². The van der Waals surface area contributed by atoms with Crippen LogP contribution in [-0.2, 0) is 11.2 Å². The number of carbonyl (C=O) groups excluding carboxylic acids is 2. The van der Waals surface area contributed by atoms with Crippen molar-refractivity contribution in [2.24, 2.45) is 5.92 Å². The van der Waals surface area contributed by atoms with Gasteiger partial charge in [0.25, 0.3) is 0 Å². The highest BCUT2D eigenvalue weighted by molar-refractivity contribution is 5.92. The Morgan fingerprint density at radius 3 is 2.66 bits per heavy atom. The predicted molar refractivity (Wildman–Crippen MR) is 110 cm³/mol. The number of nitrogens with zero attached hydrogens (tertiary/aromatic N) is 1. The summed E-state index contributed by atoms with van der Waals surface area (Å²) in [7, 11) is 0. The highest BCUT2D eigenvalue weighted by Gasteiger charge is 2.29. The number of nitrogens with one attached hydrogen (secondary N) is 3. The van der Waals surface area contributed by atoms with Gasteiger partial charge in [0.1, 0.15) is 5.82 Å². The van der Waals surface area contributed by atoms with E-state index in [1.165, 1.54) is 17.7 Å². The number of likely N-dealkylation sites (tertiary alicyclic amines) is 1. The van der Waals surface area contributed by atoms with Crippen LogP contribution >= 0.6 is 0 Å². The Morgan fingerprint density at radius 2 is 1.86 bits per heavy atom. The summed E-state index contributed by atoms with van der Waals surface area (Å²) in [6.45, 7) is 1.77. The lowest BCUT2D eigenvalue weighted by Crippen LogP contribution is -2.51. The van der Waals surface area contributed by atoms with Crippen molar-refractivity contribution in [2.75, 3.05) is 30.3 Å². The van der Waals surface area contributed by atoms with Crippen LogP contribution in [0, 0.1) is 11.7 Å². The zero-order valence-electron chi connectivity index (χ0n) is 16.2. The minimum Gasteiger partial charge on any atom is -0.383 e. The minimum absolute atomic E-state index is 0.0476. The molecule has 2 aliphatic rings. The Morgan fingerprint density at radius 1 is 1.07 bits per heavy atom. The summed E-state index contributed by atoms with van der Waals surface area (Å²) in [6, 6.07) is 14.0. The first-order valence-electron chi connectivity index (χ1n) is 10.0. The van der Waals surface area contributed by atoms with Gasteiger partial charge in [0.05, 0.1) is 6.04 Å². The number of rotatable bonds is 3. The zero-order valence-corrected chi connectivity index (χ0v) is 16.2. The number of benzene rings is 2. The van der Waals surface area contributed by atoms with Crippen molar-refractivity contribution < 1.29 is 14.0 Å². The quantitative estimate of drug-likeness (QED) is 0.746. The number of hydrogen-bond donors (Lipinski definition) is 3. The number of amides is 3. The lowest BCUT2D eigenvalue weighted by atomic mass is 9.96. The van der Waals surface area contributed by atoms with E-state index >= 15 is 0 Å². The standard InChI is InChI=1S/C22H25FN4O2/c23-17-5-3-6-18(13-17)25-21(28)15-8-10-27(11-9-15)22(29)26-19-12-16-4-1-2-7-20(16)24-14-19/h1-7,13,15,19,24H,8-12,14H2,(H,25,28)(H,26,29). The molecule has 2 aromatic carbocycles. The van der Waals surface area contributed by atoms with Crippen LogP contribution in [0.2, 0.25) is 0 Å². The fourth-order valence-electron chi connectivity index (χ4n) is 3.96. The van der Waals surface area contributed by atoms with Gasteiger partial charge in [-0.3, -0.25) is 4.79 Å². The molecule has 0 spiro atoms. The summed E-state index contributed by atoms with van der Waals surface area (Å²) in [5.41, 5.74) is 2.79. The Kier molecular flexibility index (Phi) is 5.64. The molecule has 29 heavy (non-hydrogen) atoms. The molecule has 0 radical (unpaired) electrons. The molecule has 2 aromatic rings. The molecule has 3 amide bonds. The van der Waals surface area contributed by atoms with Crippen molar-refractivity contribution in [3.8, 4) is 0 Å². The third kappa shape index (κ3) is 4.67. The Hall–Kier alpha value is -3.09. The number of carbonyl (C=O) groups is 2. The van der Waals surface area contributed by atoms with E-state index in [1.54, 1.807) is 17.0 Å². The lowest BCUT2D eigenvalue weighted by Gasteiger charge is -2.34. The van der Waals surface area contributed by atoms with Gasteiger partial charge < -0.3 is 20.9 Å². The van der Waals surface area contributed by atoms with E-state index in [0.29, 0.717) is 38.2 Å². The molecule has 7 heteroatoms. The van der Waals surface area contributed by atoms with Crippen molar-refractivity contribution in [1.29, 1.82) is 0 Å². The third-order valence-corrected chi connectivity index (χ3v) is 5.60. The fourth-order valence-corrected chi connectivity index (χ4v) is 3.96. The van der Waals surface area contributed by atoms with Gasteiger partial charge >= 0.3 is 6.03 Å². The van der Waals surface area contributed by atoms with Crippen molar-refractivity contribution >= 4 is 23.3 Å². The van der Waals surface area contributed by atoms with Crippen molar-refractivity contribution in [3.05, 3.63) is 59.9 Å². The molecule has 2 heterocycles.